The molecule has 0 fully saturated rings. The lowest BCUT2D eigenvalue weighted by atomic mass is 10.2. The molecule has 0 unspecified atom stereocenters. The summed E-state index contributed by atoms with van der Waals surface area (Å²) in [4.78, 5) is 12.2. The third-order valence-electron chi connectivity index (χ3n) is 2.88. The highest BCUT2D eigenvalue weighted by Crippen LogP contribution is 2.26. The molecule has 5 nitrogen and oxygen atoms in total. The number of carbonyl (C=O) groups excluding carboxylic acids is 1. The highest BCUT2D eigenvalue weighted by molar-refractivity contribution is 7.90. The average molecular weight is 341 g/mol. The molecule has 2 rings (SSSR count). The van der Waals surface area contributed by atoms with Gasteiger partial charge in [-0.05, 0) is 24.3 Å². The summed E-state index contributed by atoms with van der Waals surface area (Å²) >= 11 is 0. The van der Waals surface area contributed by atoms with Gasteiger partial charge in [0.1, 0.15) is 5.75 Å². The first-order valence-electron chi connectivity index (χ1n) is 6.43. The standard InChI is InChI=1S/C15H13F2NO4S/c1-23(20,21)13-9-5-2-6-10(13)14(19)18-11-7-3-4-8-12(11)22-15(16)17/h2-9,15H,1H3,(H,18,19). The van der Waals surface area contributed by atoms with Crippen LogP contribution in [0.25, 0.3) is 0 Å². The molecular formula is C15H13F2NO4S. The van der Waals surface area contributed by atoms with Gasteiger partial charge >= 0.3 is 6.61 Å². The van der Waals surface area contributed by atoms with Crippen LogP contribution in [0.4, 0.5) is 14.5 Å². The fraction of sp³-hybridized carbons (Fsp3) is 0.133. The summed E-state index contributed by atoms with van der Waals surface area (Å²) in [6.45, 7) is -3.05. The molecule has 0 aliphatic rings. The van der Waals surface area contributed by atoms with E-state index in [1.807, 2.05) is 0 Å². The van der Waals surface area contributed by atoms with E-state index < -0.39 is 22.4 Å². The van der Waals surface area contributed by atoms with E-state index >= 15 is 0 Å². The highest BCUT2D eigenvalue weighted by Gasteiger charge is 2.19. The van der Waals surface area contributed by atoms with Crippen LogP contribution in [0.1, 0.15) is 10.4 Å². The Kier molecular flexibility index (Phi) is 4.95. The number of carbonyl (C=O) groups is 1. The van der Waals surface area contributed by atoms with Crippen molar-refractivity contribution in [2.75, 3.05) is 11.6 Å². The van der Waals surface area contributed by atoms with Crippen LogP contribution in [0, 0.1) is 0 Å². The third kappa shape index (κ3) is 4.26. The Morgan fingerprint density at radius 3 is 2.35 bits per heavy atom. The molecular weight excluding hydrogens is 328 g/mol. The molecule has 0 saturated heterocycles. The summed E-state index contributed by atoms with van der Waals surface area (Å²) in [7, 11) is -3.61. The Bertz CT molecular complexity index is 822. The summed E-state index contributed by atoms with van der Waals surface area (Å²) in [5, 5.41) is 2.38. The van der Waals surface area contributed by atoms with Crippen molar-refractivity contribution in [3.8, 4) is 5.75 Å². The molecule has 0 atom stereocenters. The predicted molar refractivity (Wildman–Crippen MR) is 80.6 cm³/mol. The SMILES string of the molecule is CS(=O)(=O)c1ccccc1C(=O)Nc1ccccc1OC(F)F. The summed E-state index contributed by atoms with van der Waals surface area (Å²) < 4.78 is 52.5. The fourth-order valence-corrected chi connectivity index (χ4v) is 2.82. The fourth-order valence-electron chi connectivity index (χ4n) is 1.94. The molecule has 8 heteroatoms. The first-order valence-corrected chi connectivity index (χ1v) is 8.32. The number of hydrogen-bond donors (Lipinski definition) is 1. The lowest BCUT2D eigenvalue weighted by Crippen LogP contribution is -2.17. The number of ether oxygens (including phenoxy) is 1. The third-order valence-corrected chi connectivity index (χ3v) is 4.04. The maximum absolute atomic E-state index is 12.4. The van der Waals surface area contributed by atoms with E-state index in [9.17, 15) is 22.0 Å². The van der Waals surface area contributed by atoms with Gasteiger partial charge in [0.05, 0.1) is 16.1 Å². The summed E-state index contributed by atoms with van der Waals surface area (Å²) in [5.41, 5.74) is -0.0667. The molecule has 23 heavy (non-hydrogen) atoms. The molecule has 0 radical (unpaired) electrons. The first-order chi connectivity index (χ1) is 10.8. The van der Waals surface area contributed by atoms with Crippen LogP contribution in [0.3, 0.4) is 0 Å². The van der Waals surface area contributed by atoms with Crippen molar-refractivity contribution in [2.45, 2.75) is 11.5 Å². The van der Waals surface area contributed by atoms with Crippen molar-refractivity contribution in [2.24, 2.45) is 0 Å². The Morgan fingerprint density at radius 2 is 1.70 bits per heavy atom. The zero-order valence-electron chi connectivity index (χ0n) is 12.0. The van der Waals surface area contributed by atoms with Gasteiger partial charge in [-0.2, -0.15) is 8.78 Å². The summed E-state index contributed by atoms with van der Waals surface area (Å²) in [6, 6.07) is 11.3. The minimum absolute atomic E-state index is 0.0149. The molecule has 2 aromatic rings. The van der Waals surface area contributed by atoms with Crippen molar-refractivity contribution in [3.05, 3.63) is 54.1 Å². The molecule has 0 heterocycles. The number of hydrogen-bond acceptors (Lipinski definition) is 4. The Morgan fingerprint density at radius 1 is 1.09 bits per heavy atom. The van der Waals surface area contributed by atoms with Gasteiger partial charge in [-0.15, -0.1) is 0 Å². The molecule has 0 aliphatic carbocycles. The van der Waals surface area contributed by atoms with E-state index in [4.69, 9.17) is 0 Å². The average Bonchev–Trinajstić information content (AvgIpc) is 2.48. The Hall–Kier alpha value is -2.48. The van der Waals surface area contributed by atoms with Gasteiger partial charge in [-0.1, -0.05) is 24.3 Å². The van der Waals surface area contributed by atoms with Crippen LogP contribution in [0.2, 0.25) is 0 Å². The van der Waals surface area contributed by atoms with Gasteiger partial charge in [0.25, 0.3) is 5.91 Å². The monoisotopic (exact) mass is 341 g/mol. The molecule has 0 saturated carbocycles. The minimum Gasteiger partial charge on any atom is -0.433 e. The van der Waals surface area contributed by atoms with Crippen LogP contribution in [-0.2, 0) is 9.84 Å². The van der Waals surface area contributed by atoms with Crippen molar-refractivity contribution in [1.82, 2.24) is 0 Å². The second kappa shape index (κ2) is 6.74. The molecule has 122 valence electrons. The van der Waals surface area contributed by atoms with Crippen molar-refractivity contribution in [1.29, 1.82) is 0 Å². The van der Waals surface area contributed by atoms with E-state index in [-0.39, 0.29) is 21.9 Å². The van der Waals surface area contributed by atoms with Crippen LogP contribution in [0.15, 0.2) is 53.4 Å². The quantitative estimate of drug-likeness (QED) is 0.907. The molecule has 0 bridgehead atoms. The summed E-state index contributed by atoms with van der Waals surface area (Å²) in [6.07, 6.45) is 0.979. The Balaban J connectivity index is 2.35. The van der Waals surface area contributed by atoms with E-state index in [2.05, 4.69) is 10.1 Å². The number of anilines is 1. The maximum Gasteiger partial charge on any atom is 0.387 e. The lowest BCUT2D eigenvalue weighted by molar-refractivity contribution is -0.0493. The van der Waals surface area contributed by atoms with E-state index in [0.29, 0.717) is 0 Å². The second-order valence-corrected chi connectivity index (χ2v) is 6.58. The second-order valence-electron chi connectivity index (χ2n) is 4.60. The first kappa shape index (κ1) is 16.9. The van der Waals surface area contributed by atoms with E-state index in [1.165, 1.54) is 48.5 Å². The molecule has 1 N–H and O–H groups in total. The number of amides is 1. The number of benzene rings is 2. The number of sulfone groups is 1. The number of nitrogens with one attached hydrogen (secondary N) is 1. The smallest absolute Gasteiger partial charge is 0.387 e. The zero-order chi connectivity index (χ0) is 17.0. The van der Waals surface area contributed by atoms with Crippen molar-refractivity contribution < 1.29 is 26.7 Å². The number of halogens is 2. The number of alkyl halides is 2. The van der Waals surface area contributed by atoms with Gasteiger partial charge in [0, 0.05) is 6.26 Å². The van der Waals surface area contributed by atoms with E-state index in [1.54, 1.807) is 0 Å². The molecule has 0 aromatic heterocycles. The molecule has 2 aromatic carbocycles. The largest absolute Gasteiger partial charge is 0.433 e. The van der Waals surface area contributed by atoms with Gasteiger partial charge in [0.2, 0.25) is 0 Å². The van der Waals surface area contributed by atoms with Crippen LogP contribution in [-0.4, -0.2) is 27.2 Å². The normalized spacial score (nSPS) is 11.3. The topological polar surface area (TPSA) is 72.5 Å². The zero-order valence-corrected chi connectivity index (χ0v) is 12.8. The molecule has 0 spiro atoms. The maximum atomic E-state index is 12.4. The molecule has 0 aliphatic heterocycles. The minimum atomic E-state index is -3.61. The van der Waals surface area contributed by atoms with Crippen LogP contribution < -0.4 is 10.1 Å². The lowest BCUT2D eigenvalue weighted by Gasteiger charge is -2.13. The highest BCUT2D eigenvalue weighted by atomic mass is 32.2. The summed E-state index contributed by atoms with van der Waals surface area (Å²) in [5.74, 6) is -0.955. The molecule has 1 amide bonds. The van der Waals surface area contributed by atoms with E-state index in [0.717, 1.165) is 6.26 Å². The van der Waals surface area contributed by atoms with Crippen molar-refractivity contribution in [3.63, 3.8) is 0 Å². The van der Waals surface area contributed by atoms with Crippen molar-refractivity contribution >= 4 is 21.4 Å². The van der Waals surface area contributed by atoms with Gasteiger partial charge in [-0.25, -0.2) is 8.42 Å². The Labute approximate surface area is 131 Å². The predicted octanol–water partition coefficient (Wildman–Crippen LogP) is 2.94. The van der Waals surface area contributed by atoms with Gasteiger partial charge in [0.15, 0.2) is 9.84 Å². The number of rotatable bonds is 5. The van der Waals surface area contributed by atoms with Gasteiger partial charge < -0.3 is 10.1 Å². The van der Waals surface area contributed by atoms with Crippen LogP contribution in [0.5, 0.6) is 5.75 Å². The van der Waals surface area contributed by atoms with Crippen LogP contribution >= 0.6 is 0 Å². The number of para-hydroxylation sites is 2. The van der Waals surface area contributed by atoms with Gasteiger partial charge in [-0.3, -0.25) is 4.79 Å².